The second kappa shape index (κ2) is 5.66. The van der Waals surface area contributed by atoms with Gasteiger partial charge in [0.25, 0.3) is 0 Å². The number of halogens is 1. The summed E-state index contributed by atoms with van der Waals surface area (Å²) in [4.78, 5) is 25.3. The summed E-state index contributed by atoms with van der Waals surface area (Å²) in [7, 11) is 0. The molecular weight excluding hydrogens is 290 g/mol. The quantitative estimate of drug-likeness (QED) is 0.877. The van der Waals surface area contributed by atoms with Crippen LogP contribution in [0.15, 0.2) is 18.2 Å². The van der Waals surface area contributed by atoms with E-state index in [1.54, 1.807) is 13.0 Å². The summed E-state index contributed by atoms with van der Waals surface area (Å²) < 4.78 is 0. The van der Waals surface area contributed by atoms with E-state index < -0.39 is 0 Å². The number of amides is 2. The van der Waals surface area contributed by atoms with Crippen LogP contribution in [0.4, 0.5) is 5.69 Å². The lowest BCUT2D eigenvalue weighted by Crippen LogP contribution is -2.46. The summed E-state index contributed by atoms with van der Waals surface area (Å²) in [5.41, 5.74) is 1.73. The first-order chi connectivity index (χ1) is 10.0. The van der Waals surface area contributed by atoms with Crippen LogP contribution < -0.4 is 10.6 Å². The van der Waals surface area contributed by atoms with Gasteiger partial charge < -0.3 is 10.2 Å². The Balaban J connectivity index is 1.68. The van der Waals surface area contributed by atoms with Gasteiger partial charge in [-0.15, -0.1) is 0 Å². The van der Waals surface area contributed by atoms with E-state index in [1.807, 2.05) is 17.0 Å². The molecule has 112 valence electrons. The van der Waals surface area contributed by atoms with Crippen LogP contribution in [0.25, 0.3) is 0 Å². The Morgan fingerprint density at radius 1 is 1.38 bits per heavy atom. The van der Waals surface area contributed by atoms with E-state index in [0.29, 0.717) is 5.02 Å². The molecule has 1 atom stereocenters. The molecule has 2 heterocycles. The summed E-state index contributed by atoms with van der Waals surface area (Å²) in [6, 6.07) is 5.31. The second-order valence-corrected chi connectivity index (χ2v) is 6.04. The highest BCUT2D eigenvalue weighted by Gasteiger charge is 2.33. The van der Waals surface area contributed by atoms with Gasteiger partial charge in [0.05, 0.1) is 0 Å². The minimum Gasteiger partial charge on any atom is -0.343 e. The van der Waals surface area contributed by atoms with E-state index in [4.69, 9.17) is 11.6 Å². The van der Waals surface area contributed by atoms with Gasteiger partial charge in [-0.3, -0.25) is 14.9 Å². The number of nitrogens with one attached hydrogen (secondary N) is 2. The lowest BCUT2D eigenvalue weighted by Gasteiger charge is -2.33. The predicted octanol–water partition coefficient (Wildman–Crippen LogP) is 1.93. The van der Waals surface area contributed by atoms with Crippen LogP contribution in [-0.2, 0) is 9.59 Å². The minimum atomic E-state index is -0.354. The normalized spacial score (nSPS) is 22.1. The minimum absolute atomic E-state index is 0.0405. The van der Waals surface area contributed by atoms with E-state index in [9.17, 15) is 9.59 Å². The molecule has 2 aliphatic rings. The molecular formula is C15H18ClN3O2. The Hall–Kier alpha value is -1.59. The van der Waals surface area contributed by atoms with Crippen LogP contribution in [0.1, 0.15) is 31.4 Å². The van der Waals surface area contributed by atoms with E-state index in [1.165, 1.54) is 0 Å². The zero-order valence-corrected chi connectivity index (χ0v) is 12.6. The Morgan fingerprint density at radius 2 is 2.10 bits per heavy atom. The van der Waals surface area contributed by atoms with Gasteiger partial charge in [-0.05, 0) is 31.0 Å². The van der Waals surface area contributed by atoms with Crippen molar-refractivity contribution in [3.05, 3.63) is 28.8 Å². The molecule has 2 amide bonds. The Labute approximate surface area is 128 Å². The van der Waals surface area contributed by atoms with Crippen LogP contribution in [0.5, 0.6) is 0 Å². The zero-order valence-electron chi connectivity index (χ0n) is 11.9. The van der Waals surface area contributed by atoms with Crippen molar-refractivity contribution in [3.8, 4) is 0 Å². The van der Waals surface area contributed by atoms with Crippen molar-refractivity contribution in [2.45, 2.75) is 31.8 Å². The van der Waals surface area contributed by atoms with Gasteiger partial charge in [0.15, 0.2) is 0 Å². The Bertz CT molecular complexity index is 582. The van der Waals surface area contributed by atoms with E-state index in [0.717, 1.165) is 37.2 Å². The van der Waals surface area contributed by atoms with Crippen LogP contribution in [-0.4, -0.2) is 35.8 Å². The highest BCUT2D eigenvalue weighted by atomic mass is 35.5. The molecule has 6 heteroatoms. The van der Waals surface area contributed by atoms with Crippen LogP contribution in [0, 0.1) is 0 Å². The summed E-state index contributed by atoms with van der Waals surface area (Å²) in [5, 5.41) is 6.90. The number of anilines is 1. The molecule has 0 aliphatic carbocycles. The third-order valence-corrected chi connectivity index (χ3v) is 4.42. The first-order valence-corrected chi connectivity index (χ1v) is 7.54. The molecule has 3 rings (SSSR count). The topological polar surface area (TPSA) is 61.4 Å². The smallest absolute Gasteiger partial charge is 0.246 e. The summed E-state index contributed by atoms with van der Waals surface area (Å²) >= 11 is 6.02. The molecule has 1 aromatic carbocycles. The number of piperidine rings is 1. The highest BCUT2D eigenvalue weighted by molar-refractivity contribution is 6.31. The van der Waals surface area contributed by atoms with Crippen molar-refractivity contribution in [1.82, 2.24) is 10.2 Å². The van der Waals surface area contributed by atoms with Gasteiger partial charge in [0, 0.05) is 42.3 Å². The van der Waals surface area contributed by atoms with Crippen molar-refractivity contribution in [1.29, 1.82) is 0 Å². The van der Waals surface area contributed by atoms with Gasteiger partial charge in [-0.25, -0.2) is 0 Å². The number of rotatable bonds is 2. The second-order valence-electron chi connectivity index (χ2n) is 5.60. The standard InChI is InChI=1S/C15H18ClN3O2/c1-9(20)19-6-4-11(5-7-19)17-14-12-8-10(16)2-3-13(12)18-15(14)21/h2-3,8,11,14,17H,4-7H2,1H3,(H,18,21). The first kappa shape index (κ1) is 14.4. The van der Waals surface area contributed by atoms with E-state index in [2.05, 4.69) is 10.6 Å². The molecule has 0 aromatic heterocycles. The maximum absolute atomic E-state index is 12.1. The molecule has 21 heavy (non-hydrogen) atoms. The number of carbonyl (C=O) groups is 2. The predicted molar refractivity (Wildman–Crippen MR) is 81.2 cm³/mol. The molecule has 2 N–H and O–H groups in total. The van der Waals surface area contributed by atoms with E-state index in [-0.39, 0.29) is 23.9 Å². The largest absolute Gasteiger partial charge is 0.343 e. The molecule has 0 radical (unpaired) electrons. The van der Waals surface area contributed by atoms with Crippen molar-refractivity contribution in [3.63, 3.8) is 0 Å². The molecule has 0 bridgehead atoms. The number of nitrogens with zero attached hydrogens (tertiary/aromatic N) is 1. The van der Waals surface area contributed by atoms with Crippen molar-refractivity contribution >= 4 is 29.1 Å². The zero-order chi connectivity index (χ0) is 15.0. The van der Waals surface area contributed by atoms with Crippen molar-refractivity contribution in [2.75, 3.05) is 18.4 Å². The van der Waals surface area contributed by atoms with Gasteiger partial charge in [0.2, 0.25) is 11.8 Å². The fourth-order valence-electron chi connectivity index (χ4n) is 2.99. The van der Waals surface area contributed by atoms with E-state index >= 15 is 0 Å². The summed E-state index contributed by atoms with van der Waals surface area (Å²) in [6.45, 7) is 3.07. The number of likely N-dealkylation sites (tertiary alicyclic amines) is 1. The highest BCUT2D eigenvalue weighted by Crippen LogP contribution is 2.33. The average molecular weight is 308 g/mol. The molecule has 5 nitrogen and oxygen atoms in total. The lowest BCUT2D eigenvalue weighted by molar-refractivity contribution is -0.130. The molecule has 2 aliphatic heterocycles. The Morgan fingerprint density at radius 3 is 2.76 bits per heavy atom. The lowest BCUT2D eigenvalue weighted by atomic mass is 10.0. The van der Waals surface area contributed by atoms with Gasteiger partial charge in [-0.1, -0.05) is 11.6 Å². The average Bonchev–Trinajstić information content (AvgIpc) is 2.76. The summed E-state index contributed by atoms with van der Waals surface area (Å²) in [6.07, 6.45) is 1.72. The molecule has 0 saturated carbocycles. The fraction of sp³-hybridized carbons (Fsp3) is 0.467. The third kappa shape index (κ3) is 2.89. The van der Waals surface area contributed by atoms with Gasteiger partial charge in [-0.2, -0.15) is 0 Å². The number of fused-ring (bicyclic) bond motifs is 1. The third-order valence-electron chi connectivity index (χ3n) is 4.19. The monoisotopic (exact) mass is 307 g/mol. The fourth-order valence-corrected chi connectivity index (χ4v) is 3.18. The molecule has 1 fully saturated rings. The molecule has 0 spiro atoms. The Kier molecular flexibility index (Phi) is 3.87. The molecule has 1 aromatic rings. The number of hydrogen-bond acceptors (Lipinski definition) is 3. The van der Waals surface area contributed by atoms with Crippen LogP contribution in [0.3, 0.4) is 0 Å². The van der Waals surface area contributed by atoms with Gasteiger partial charge in [0.1, 0.15) is 6.04 Å². The number of hydrogen-bond donors (Lipinski definition) is 2. The van der Waals surface area contributed by atoms with Crippen molar-refractivity contribution in [2.24, 2.45) is 0 Å². The van der Waals surface area contributed by atoms with Gasteiger partial charge >= 0.3 is 0 Å². The summed E-state index contributed by atoms with van der Waals surface area (Å²) in [5.74, 6) is 0.0745. The molecule has 1 unspecified atom stereocenters. The van der Waals surface area contributed by atoms with Crippen LogP contribution >= 0.6 is 11.6 Å². The number of carbonyl (C=O) groups excluding carboxylic acids is 2. The maximum Gasteiger partial charge on any atom is 0.246 e. The SMILES string of the molecule is CC(=O)N1CCC(NC2C(=O)Nc3ccc(Cl)cc32)CC1. The maximum atomic E-state index is 12.1. The van der Waals surface area contributed by atoms with Crippen molar-refractivity contribution < 1.29 is 9.59 Å². The first-order valence-electron chi connectivity index (χ1n) is 7.16. The van der Waals surface area contributed by atoms with Crippen LogP contribution in [0.2, 0.25) is 5.02 Å². The molecule has 1 saturated heterocycles. The number of benzene rings is 1.